The van der Waals surface area contributed by atoms with Crippen molar-refractivity contribution in [1.82, 2.24) is 0 Å². The van der Waals surface area contributed by atoms with E-state index in [1.54, 1.807) is 12.1 Å². The second-order valence-corrected chi connectivity index (χ2v) is 1.63. The fourth-order valence-corrected chi connectivity index (χ4v) is 0.484. The van der Waals surface area contributed by atoms with Gasteiger partial charge in [0, 0.05) is 0 Å². The Balaban J connectivity index is -0.000000189. The average Bonchev–Trinajstić information content (AvgIpc) is 2.00. The Morgan fingerprint density at radius 3 is 1.75 bits per heavy atom. The Morgan fingerprint density at radius 1 is 1.17 bits per heavy atom. The summed E-state index contributed by atoms with van der Waals surface area (Å²) >= 11 is 0.847. The molecule has 0 aliphatic heterocycles. The van der Waals surface area contributed by atoms with Crippen molar-refractivity contribution >= 4 is 9.69 Å². The molecule has 58 valence electrons. The van der Waals surface area contributed by atoms with Gasteiger partial charge in [-0.3, -0.25) is 0 Å². The third-order valence-electron chi connectivity index (χ3n) is 0.913. The molecule has 0 N–H and O–H groups in total. The van der Waals surface area contributed by atoms with Gasteiger partial charge in [-0.25, -0.2) is 4.39 Å². The van der Waals surface area contributed by atoms with E-state index >= 15 is 0 Å². The molecule has 0 heterocycles. The first-order chi connectivity index (χ1) is 4.79. The first kappa shape index (κ1) is 18.6. The van der Waals surface area contributed by atoms with Crippen LogP contribution in [0.1, 0.15) is 5.56 Å². The summed E-state index contributed by atoms with van der Waals surface area (Å²) in [6.07, 6.45) is 0. The van der Waals surface area contributed by atoms with Gasteiger partial charge >= 0.3 is 45.9 Å². The summed E-state index contributed by atoms with van der Waals surface area (Å²) in [5.41, 5.74) is 0.839. The van der Waals surface area contributed by atoms with Crippen molar-refractivity contribution in [2.24, 2.45) is 0 Å². The van der Waals surface area contributed by atoms with Crippen molar-refractivity contribution in [1.29, 1.82) is 0 Å². The van der Waals surface area contributed by atoms with Gasteiger partial charge in [0.25, 0.3) is 0 Å². The summed E-state index contributed by atoms with van der Waals surface area (Å²) in [6, 6.07) is 6.05. The number of hydrogen-bond donors (Lipinski definition) is 0. The Morgan fingerprint density at radius 2 is 1.50 bits per heavy atom. The molecular formula is C7H6Cl2FLiZn. The number of hydrogen-bond acceptors (Lipinski definition) is 0. The molecule has 0 saturated carbocycles. The van der Waals surface area contributed by atoms with Gasteiger partial charge in [-0.1, -0.05) is 12.1 Å². The van der Waals surface area contributed by atoms with Crippen LogP contribution in [0.15, 0.2) is 24.3 Å². The molecule has 0 fully saturated rings. The van der Waals surface area contributed by atoms with E-state index in [2.05, 4.69) is 6.92 Å². The van der Waals surface area contributed by atoms with E-state index in [1.807, 2.05) is 0 Å². The zero-order valence-electron chi connectivity index (χ0n) is 6.86. The first-order valence-corrected chi connectivity index (χ1v) is 6.53. The SMILES string of the molecule is [CH2-]c1ccc(F)cc1.[Cl-].[Cl][Zn+].[Li+]. The van der Waals surface area contributed by atoms with Gasteiger partial charge in [-0.15, -0.1) is 0 Å². The van der Waals surface area contributed by atoms with E-state index in [1.165, 1.54) is 12.1 Å². The molecule has 0 atom stereocenters. The molecule has 0 aliphatic carbocycles. The average molecular weight is 252 g/mol. The van der Waals surface area contributed by atoms with Gasteiger partial charge in [0.05, 0.1) is 5.82 Å². The van der Waals surface area contributed by atoms with Crippen molar-refractivity contribution in [2.75, 3.05) is 0 Å². The predicted octanol–water partition coefficient (Wildman–Crippen LogP) is -3.30. The molecule has 0 nitrogen and oxygen atoms in total. The van der Waals surface area contributed by atoms with E-state index < -0.39 is 0 Å². The van der Waals surface area contributed by atoms with E-state index in [4.69, 9.17) is 9.69 Å². The third-order valence-corrected chi connectivity index (χ3v) is 0.913. The molecule has 5 heteroatoms. The Kier molecular flexibility index (Phi) is 18.3. The van der Waals surface area contributed by atoms with Crippen molar-refractivity contribution in [2.45, 2.75) is 0 Å². The van der Waals surface area contributed by atoms with Crippen molar-refractivity contribution in [3.05, 3.63) is 42.6 Å². The maximum atomic E-state index is 12.1. The number of benzene rings is 1. The van der Waals surface area contributed by atoms with Crippen LogP contribution in [0.3, 0.4) is 0 Å². The largest absolute Gasteiger partial charge is 1.00 e. The van der Waals surface area contributed by atoms with Crippen LogP contribution in [0, 0.1) is 12.7 Å². The minimum atomic E-state index is -0.211. The minimum Gasteiger partial charge on any atom is 1.00 e. The molecule has 0 amide bonds. The van der Waals surface area contributed by atoms with E-state index in [-0.39, 0.29) is 37.1 Å². The van der Waals surface area contributed by atoms with Crippen LogP contribution in [0.2, 0.25) is 0 Å². The van der Waals surface area contributed by atoms with E-state index in [9.17, 15) is 4.39 Å². The Hall–Kier alpha value is 0.821. The molecule has 1 aromatic carbocycles. The van der Waals surface area contributed by atoms with Gasteiger partial charge in [-0.05, 0) is 0 Å². The molecule has 0 aromatic heterocycles. The summed E-state index contributed by atoms with van der Waals surface area (Å²) in [5.74, 6) is -0.211. The molecular weight excluding hydrogens is 246 g/mol. The molecule has 0 aliphatic rings. The molecule has 0 unspecified atom stereocenters. The van der Waals surface area contributed by atoms with Crippen molar-refractivity contribution in [3.8, 4) is 0 Å². The molecule has 0 radical (unpaired) electrons. The third kappa shape index (κ3) is 8.91. The van der Waals surface area contributed by atoms with Gasteiger partial charge in [0.15, 0.2) is 0 Å². The maximum absolute atomic E-state index is 12.1. The van der Waals surface area contributed by atoms with Crippen LogP contribution in [-0.2, 0) is 17.3 Å². The summed E-state index contributed by atoms with van der Waals surface area (Å²) in [5, 5.41) is 0. The van der Waals surface area contributed by atoms with E-state index in [0.717, 1.165) is 22.9 Å². The number of halogens is 3. The summed E-state index contributed by atoms with van der Waals surface area (Å²) in [7, 11) is 4.76. The monoisotopic (exact) mass is 250 g/mol. The minimum absolute atomic E-state index is 0. The van der Waals surface area contributed by atoms with Gasteiger partial charge in [-0.2, -0.15) is 24.6 Å². The molecule has 0 bridgehead atoms. The van der Waals surface area contributed by atoms with Crippen LogP contribution in [0.4, 0.5) is 4.39 Å². The summed E-state index contributed by atoms with van der Waals surface area (Å²) in [6.45, 7) is 3.60. The zero-order chi connectivity index (χ0) is 7.98. The van der Waals surface area contributed by atoms with E-state index in [0.29, 0.717) is 0 Å². The second kappa shape index (κ2) is 11.8. The van der Waals surface area contributed by atoms with Gasteiger partial charge in [0.2, 0.25) is 0 Å². The standard InChI is InChI=1S/C7H6F.2ClH.Li.Zn/c1-6-2-4-7(8)5-3-6;;;;/h2-5H,1H2;2*1H;;/q-1;;;+1;+2/p-2. The Labute approximate surface area is 105 Å². The summed E-state index contributed by atoms with van der Waals surface area (Å²) < 4.78 is 12.1. The quantitative estimate of drug-likeness (QED) is 0.335. The normalized spacial score (nSPS) is 6.67. The molecule has 0 spiro atoms. The molecule has 1 aromatic rings. The van der Waals surface area contributed by atoms with Crippen LogP contribution in [0.25, 0.3) is 0 Å². The molecule has 12 heavy (non-hydrogen) atoms. The van der Waals surface area contributed by atoms with Gasteiger partial charge in [0.1, 0.15) is 0 Å². The van der Waals surface area contributed by atoms with Crippen LogP contribution in [-0.4, -0.2) is 0 Å². The summed E-state index contributed by atoms with van der Waals surface area (Å²) in [4.78, 5) is 0. The van der Waals surface area contributed by atoms with Crippen LogP contribution < -0.4 is 31.3 Å². The zero-order valence-corrected chi connectivity index (χ0v) is 11.3. The second-order valence-electron chi connectivity index (χ2n) is 1.63. The van der Waals surface area contributed by atoms with Crippen LogP contribution >= 0.6 is 9.69 Å². The molecule has 0 saturated heterocycles. The predicted molar refractivity (Wildman–Crippen MR) is 36.7 cm³/mol. The first-order valence-electron chi connectivity index (χ1n) is 2.63. The van der Waals surface area contributed by atoms with Crippen molar-refractivity contribution in [3.63, 3.8) is 0 Å². The molecule has 1 rings (SSSR count). The smallest absolute Gasteiger partial charge is 1.00 e. The van der Waals surface area contributed by atoms with Crippen molar-refractivity contribution < 1.29 is 53.0 Å². The van der Waals surface area contributed by atoms with Crippen LogP contribution in [0.5, 0.6) is 0 Å². The van der Waals surface area contributed by atoms with Gasteiger partial charge < -0.3 is 12.4 Å². The Bertz CT molecular complexity index is 160. The fraction of sp³-hybridized carbons (Fsp3) is 0. The maximum Gasteiger partial charge on any atom is 1.00 e. The number of rotatable bonds is 0. The fourth-order valence-electron chi connectivity index (χ4n) is 0.484. The topological polar surface area (TPSA) is 0 Å².